The minimum atomic E-state index is -0.931. The second-order valence-electron chi connectivity index (χ2n) is 5.72. The lowest BCUT2D eigenvalue weighted by Gasteiger charge is -2.43. The van der Waals surface area contributed by atoms with Crippen molar-refractivity contribution in [1.29, 1.82) is 0 Å². The molecule has 4 N–H and O–H groups in total. The lowest BCUT2D eigenvalue weighted by Crippen LogP contribution is -2.68. The fourth-order valence-corrected chi connectivity index (χ4v) is 2.99. The molecule has 0 spiro atoms. The Kier molecular flexibility index (Phi) is 5.82. The molecular weight excluding hydrogens is 261 g/mol. The Morgan fingerprint density at radius 2 is 2.15 bits per heavy atom. The van der Waals surface area contributed by atoms with Crippen molar-refractivity contribution in [3.63, 3.8) is 0 Å². The van der Waals surface area contributed by atoms with E-state index in [1.807, 2.05) is 6.92 Å². The number of aliphatic hydroxyl groups excluding tert-OH is 2. The van der Waals surface area contributed by atoms with Crippen LogP contribution in [-0.4, -0.2) is 73.8 Å². The van der Waals surface area contributed by atoms with Gasteiger partial charge in [-0.05, 0) is 13.3 Å². The van der Waals surface area contributed by atoms with Gasteiger partial charge in [-0.25, -0.2) is 4.79 Å². The number of amides is 2. The molecule has 0 aromatic heterocycles. The number of aliphatic hydroxyl groups is 2. The zero-order valence-corrected chi connectivity index (χ0v) is 12.9. The van der Waals surface area contributed by atoms with Crippen molar-refractivity contribution in [2.75, 3.05) is 21.2 Å². The molecule has 1 aliphatic rings. The third-order valence-electron chi connectivity index (χ3n) is 4.28. The molecular formula is C12H26BN3O4. The normalized spacial score (nSPS) is 34.6. The van der Waals surface area contributed by atoms with Crippen molar-refractivity contribution < 1.29 is 19.7 Å². The average molecular weight is 287 g/mol. The van der Waals surface area contributed by atoms with E-state index in [-0.39, 0.29) is 25.6 Å². The maximum Gasteiger partial charge on any atom is 0.360 e. The first kappa shape index (κ1) is 17.2. The van der Waals surface area contributed by atoms with Crippen LogP contribution in [0.2, 0.25) is 0 Å². The summed E-state index contributed by atoms with van der Waals surface area (Å²) in [5.41, 5.74) is -0.931. The van der Waals surface area contributed by atoms with Gasteiger partial charge in [0.05, 0.1) is 17.7 Å². The van der Waals surface area contributed by atoms with Crippen molar-refractivity contribution in [2.45, 2.75) is 44.1 Å². The summed E-state index contributed by atoms with van der Waals surface area (Å²) >= 11 is 0. The Labute approximate surface area is 121 Å². The van der Waals surface area contributed by atoms with E-state index in [1.54, 1.807) is 28.1 Å². The standard InChI is InChI=1S/C12H26BN3O4/c1-7-9(18)6-10(15-13-20-5)12(7,8(2)17)14-11(19)16(3)4/h7-10,13,15,17-18H,6H2,1-5H3,(H,14,19)/t7-,8+,9-,10+,12+/m1/s1. The summed E-state index contributed by atoms with van der Waals surface area (Å²) < 4.78 is 5.00. The van der Waals surface area contributed by atoms with Crippen LogP contribution in [0.15, 0.2) is 0 Å². The molecule has 5 atom stereocenters. The lowest BCUT2D eigenvalue weighted by molar-refractivity contribution is 0.0207. The zero-order chi connectivity index (χ0) is 15.5. The van der Waals surface area contributed by atoms with Crippen molar-refractivity contribution in [3.05, 3.63) is 0 Å². The van der Waals surface area contributed by atoms with Gasteiger partial charge < -0.3 is 30.3 Å². The number of rotatable bonds is 5. The Morgan fingerprint density at radius 3 is 2.60 bits per heavy atom. The van der Waals surface area contributed by atoms with E-state index < -0.39 is 17.7 Å². The van der Waals surface area contributed by atoms with Gasteiger partial charge in [0.1, 0.15) is 0 Å². The minimum absolute atomic E-state index is 0.267. The molecule has 0 heterocycles. The molecule has 0 aromatic rings. The van der Waals surface area contributed by atoms with Gasteiger partial charge in [-0.3, -0.25) is 0 Å². The molecule has 8 heteroatoms. The molecule has 0 saturated heterocycles. The van der Waals surface area contributed by atoms with E-state index in [0.717, 1.165) is 0 Å². The third kappa shape index (κ3) is 3.08. The van der Waals surface area contributed by atoms with E-state index in [2.05, 4.69) is 10.5 Å². The first-order valence-corrected chi connectivity index (χ1v) is 6.85. The highest BCUT2D eigenvalue weighted by Crippen LogP contribution is 2.38. The minimum Gasteiger partial charge on any atom is -0.427 e. The van der Waals surface area contributed by atoms with E-state index in [9.17, 15) is 15.0 Å². The number of nitrogens with one attached hydrogen (secondary N) is 2. The van der Waals surface area contributed by atoms with E-state index in [0.29, 0.717) is 6.42 Å². The van der Waals surface area contributed by atoms with E-state index in [1.165, 1.54) is 4.90 Å². The molecule has 0 radical (unpaired) electrons. The van der Waals surface area contributed by atoms with Crippen molar-refractivity contribution >= 4 is 13.6 Å². The summed E-state index contributed by atoms with van der Waals surface area (Å²) in [6.45, 7) is 3.47. The van der Waals surface area contributed by atoms with Crippen molar-refractivity contribution in [1.82, 2.24) is 15.4 Å². The number of hydrogen-bond donors (Lipinski definition) is 4. The summed E-state index contributed by atoms with van der Waals surface area (Å²) in [6, 6.07) is -0.563. The number of carbonyl (C=O) groups is 1. The van der Waals surface area contributed by atoms with Crippen molar-refractivity contribution in [2.24, 2.45) is 5.92 Å². The van der Waals surface area contributed by atoms with Crippen LogP contribution in [0.5, 0.6) is 0 Å². The largest absolute Gasteiger partial charge is 0.427 e. The smallest absolute Gasteiger partial charge is 0.360 e. The highest BCUT2D eigenvalue weighted by molar-refractivity contribution is 6.23. The van der Waals surface area contributed by atoms with Crippen LogP contribution in [0.4, 0.5) is 4.79 Å². The predicted molar refractivity (Wildman–Crippen MR) is 77.5 cm³/mol. The summed E-state index contributed by atoms with van der Waals surface area (Å²) in [7, 11) is 5.12. The third-order valence-corrected chi connectivity index (χ3v) is 4.28. The van der Waals surface area contributed by atoms with Crippen LogP contribution in [0.25, 0.3) is 0 Å². The van der Waals surface area contributed by atoms with Crippen LogP contribution in [0.1, 0.15) is 20.3 Å². The Hall–Kier alpha value is -0.825. The maximum absolute atomic E-state index is 12.0. The second kappa shape index (κ2) is 6.75. The Balaban J connectivity index is 3.05. The van der Waals surface area contributed by atoms with Gasteiger partial charge in [-0.1, -0.05) is 6.92 Å². The van der Waals surface area contributed by atoms with E-state index >= 15 is 0 Å². The molecule has 1 aliphatic carbocycles. The lowest BCUT2D eigenvalue weighted by atomic mass is 9.79. The molecule has 0 aliphatic heterocycles. The van der Waals surface area contributed by atoms with Gasteiger partial charge in [0.2, 0.25) is 0 Å². The first-order valence-electron chi connectivity index (χ1n) is 6.85. The average Bonchev–Trinajstić information content (AvgIpc) is 2.61. The molecule has 116 valence electrons. The van der Waals surface area contributed by atoms with Gasteiger partial charge in [-0.2, -0.15) is 0 Å². The highest BCUT2D eigenvalue weighted by atomic mass is 16.4. The topological polar surface area (TPSA) is 94.1 Å². The maximum atomic E-state index is 12.0. The fourth-order valence-electron chi connectivity index (χ4n) is 2.99. The molecule has 20 heavy (non-hydrogen) atoms. The number of carbonyl (C=O) groups excluding carboxylic acids is 1. The number of urea groups is 1. The number of hydrogen-bond acceptors (Lipinski definition) is 5. The Morgan fingerprint density at radius 1 is 1.55 bits per heavy atom. The predicted octanol–water partition coefficient (Wildman–Crippen LogP) is -1.35. The van der Waals surface area contributed by atoms with Crippen LogP contribution in [0.3, 0.4) is 0 Å². The van der Waals surface area contributed by atoms with Gasteiger partial charge in [0.15, 0.2) is 0 Å². The monoisotopic (exact) mass is 287 g/mol. The zero-order valence-electron chi connectivity index (χ0n) is 12.9. The highest BCUT2D eigenvalue weighted by Gasteiger charge is 2.56. The van der Waals surface area contributed by atoms with Crippen LogP contribution < -0.4 is 10.5 Å². The second-order valence-corrected chi connectivity index (χ2v) is 5.72. The molecule has 1 saturated carbocycles. The molecule has 0 aromatic carbocycles. The molecule has 2 amide bonds. The van der Waals surface area contributed by atoms with Gasteiger partial charge in [0.25, 0.3) is 0 Å². The summed E-state index contributed by atoms with van der Waals surface area (Å²) in [6.07, 6.45) is -0.960. The molecule has 7 nitrogen and oxygen atoms in total. The Bertz CT molecular complexity index is 343. The fraction of sp³-hybridized carbons (Fsp3) is 0.917. The first-order chi connectivity index (χ1) is 9.27. The quantitative estimate of drug-likeness (QED) is 0.469. The van der Waals surface area contributed by atoms with Crippen LogP contribution >= 0.6 is 0 Å². The molecule has 0 unspecified atom stereocenters. The van der Waals surface area contributed by atoms with Gasteiger partial charge >= 0.3 is 13.6 Å². The van der Waals surface area contributed by atoms with Crippen LogP contribution in [0, 0.1) is 5.92 Å². The molecule has 1 rings (SSSR count). The molecule has 0 bridgehead atoms. The van der Waals surface area contributed by atoms with E-state index in [4.69, 9.17) is 4.65 Å². The molecule has 1 fully saturated rings. The summed E-state index contributed by atoms with van der Waals surface area (Å²) in [5.74, 6) is -0.277. The number of nitrogens with zero attached hydrogens (tertiary/aromatic N) is 1. The van der Waals surface area contributed by atoms with Gasteiger partial charge in [-0.15, -0.1) is 0 Å². The van der Waals surface area contributed by atoms with Crippen LogP contribution in [-0.2, 0) is 4.65 Å². The van der Waals surface area contributed by atoms with Gasteiger partial charge in [0, 0.05) is 33.2 Å². The SMILES string of the molecule is COBN[C@H]1C[C@@H](O)[C@@H](C)[C@]1(NC(=O)N(C)C)[C@H](C)O. The summed E-state index contributed by atoms with van der Waals surface area (Å²) in [4.78, 5) is 13.5. The summed E-state index contributed by atoms with van der Waals surface area (Å²) in [5, 5.41) is 26.4. The van der Waals surface area contributed by atoms with Crippen molar-refractivity contribution in [3.8, 4) is 0 Å².